The standard InChI is InChI=1S/C15H22N4O/c1-4-8-16-12(3)14-7-6-9-17-15(14)20-13-10-18-19(5-2)11-13/h6-7,9-12,16H,4-5,8H2,1-3H3. The second-order valence-corrected chi connectivity index (χ2v) is 4.71. The fraction of sp³-hybridized carbons (Fsp3) is 0.467. The van der Waals surface area contributed by atoms with Crippen molar-refractivity contribution in [2.45, 2.75) is 39.8 Å². The summed E-state index contributed by atoms with van der Waals surface area (Å²) < 4.78 is 7.69. The lowest BCUT2D eigenvalue weighted by atomic mass is 10.1. The van der Waals surface area contributed by atoms with Crippen LogP contribution in [0.15, 0.2) is 30.7 Å². The lowest BCUT2D eigenvalue weighted by Crippen LogP contribution is -2.20. The molecule has 0 fully saturated rings. The highest BCUT2D eigenvalue weighted by atomic mass is 16.5. The largest absolute Gasteiger partial charge is 0.435 e. The van der Waals surface area contributed by atoms with Crippen molar-refractivity contribution in [3.8, 4) is 11.6 Å². The van der Waals surface area contributed by atoms with Crippen molar-refractivity contribution in [1.82, 2.24) is 20.1 Å². The molecule has 108 valence electrons. The molecular formula is C15H22N4O. The summed E-state index contributed by atoms with van der Waals surface area (Å²) in [6.07, 6.45) is 6.44. The minimum atomic E-state index is 0.208. The summed E-state index contributed by atoms with van der Waals surface area (Å²) in [4.78, 5) is 4.34. The van der Waals surface area contributed by atoms with Crippen molar-refractivity contribution < 1.29 is 4.74 Å². The van der Waals surface area contributed by atoms with E-state index in [1.165, 1.54) is 0 Å². The minimum Gasteiger partial charge on any atom is -0.435 e. The van der Waals surface area contributed by atoms with E-state index in [0.717, 1.165) is 30.8 Å². The Kier molecular flexibility index (Phi) is 5.12. The maximum absolute atomic E-state index is 5.86. The van der Waals surface area contributed by atoms with Gasteiger partial charge in [0.15, 0.2) is 5.75 Å². The van der Waals surface area contributed by atoms with Crippen LogP contribution in [0.2, 0.25) is 0 Å². The van der Waals surface area contributed by atoms with Crippen molar-refractivity contribution in [2.75, 3.05) is 6.54 Å². The maximum atomic E-state index is 5.86. The van der Waals surface area contributed by atoms with E-state index in [1.54, 1.807) is 12.4 Å². The summed E-state index contributed by atoms with van der Waals surface area (Å²) in [6, 6.07) is 4.18. The molecule has 1 unspecified atom stereocenters. The molecule has 0 bridgehead atoms. The minimum absolute atomic E-state index is 0.208. The molecule has 2 aromatic rings. The highest BCUT2D eigenvalue weighted by Crippen LogP contribution is 2.26. The van der Waals surface area contributed by atoms with E-state index >= 15 is 0 Å². The Morgan fingerprint density at radius 1 is 1.40 bits per heavy atom. The first-order valence-corrected chi connectivity index (χ1v) is 7.13. The van der Waals surface area contributed by atoms with Crippen LogP contribution in [0.5, 0.6) is 11.6 Å². The third-order valence-corrected chi connectivity index (χ3v) is 3.12. The van der Waals surface area contributed by atoms with Gasteiger partial charge in [-0.2, -0.15) is 5.10 Å². The van der Waals surface area contributed by atoms with E-state index < -0.39 is 0 Å². The third kappa shape index (κ3) is 3.57. The smallest absolute Gasteiger partial charge is 0.224 e. The second kappa shape index (κ2) is 7.05. The summed E-state index contributed by atoms with van der Waals surface area (Å²) in [5, 5.41) is 7.65. The van der Waals surface area contributed by atoms with Gasteiger partial charge in [-0.1, -0.05) is 13.0 Å². The van der Waals surface area contributed by atoms with Crippen molar-refractivity contribution in [1.29, 1.82) is 0 Å². The van der Waals surface area contributed by atoms with Crippen LogP contribution in [0.3, 0.4) is 0 Å². The van der Waals surface area contributed by atoms with E-state index in [-0.39, 0.29) is 6.04 Å². The van der Waals surface area contributed by atoms with Gasteiger partial charge in [-0.3, -0.25) is 4.68 Å². The van der Waals surface area contributed by atoms with E-state index in [9.17, 15) is 0 Å². The molecule has 0 saturated carbocycles. The number of ether oxygens (including phenoxy) is 1. The van der Waals surface area contributed by atoms with Gasteiger partial charge >= 0.3 is 0 Å². The molecule has 5 nitrogen and oxygen atoms in total. The number of pyridine rings is 1. The molecule has 0 aliphatic rings. The van der Waals surface area contributed by atoms with Gasteiger partial charge in [-0.25, -0.2) is 4.98 Å². The predicted molar refractivity (Wildman–Crippen MR) is 78.9 cm³/mol. The van der Waals surface area contributed by atoms with Gasteiger partial charge in [0.1, 0.15) is 0 Å². The quantitative estimate of drug-likeness (QED) is 0.842. The first-order chi connectivity index (χ1) is 9.74. The van der Waals surface area contributed by atoms with Crippen LogP contribution in [0, 0.1) is 0 Å². The lowest BCUT2D eigenvalue weighted by Gasteiger charge is -2.16. The number of nitrogens with zero attached hydrogens (tertiary/aromatic N) is 3. The van der Waals surface area contributed by atoms with Crippen LogP contribution in [0.1, 0.15) is 38.8 Å². The molecule has 0 spiro atoms. The first-order valence-electron chi connectivity index (χ1n) is 7.13. The lowest BCUT2D eigenvalue weighted by molar-refractivity contribution is 0.441. The average Bonchev–Trinajstić information content (AvgIpc) is 2.93. The molecule has 0 aromatic carbocycles. The van der Waals surface area contributed by atoms with Crippen molar-refractivity contribution in [3.63, 3.8) is 0 Å². The summed E-state index contributed by atoms with van der Waals surface area (Å²) in [5.41, 5.74) is 1.06. The van der Waals surface area contributed by atoms with Gasteiger partial charge < -0.3 is 10.1 Å². The number of rotatable bonds is 7. The average molecular weight is 274 g/mol. The van der Waals surface area contributed by atoms with Crippen molar-refractivity contribution in [2.24, 2.45) is 0 Å². The second-order valence-electron chi connectivity index (χ2n) is 4.71. The Bertz CT molecular complexity index is 538. The Morgan fingerprint density at radius 2 is 2.25 bits per heavy atom. The SMILES string of the molecule is CCCNC(C)c1cccnc1Oc1cnn(CC)c1. The Hall–Kier alpha value is -1.88. The van der Waals surface area contributed by atoms with Crippen LogP contribution in [-0.2, 0) is 6.54 Å². The van der Waals surface area contributed by atoms with Crippen LogP contribution < -0.4 is 10.1 Å². The Labute approximate surface area is 120 Å². The topological polar surface area (TPSA) is 52.0 Å². The molecule has 0 radical (unpaired) electrons. The van der Waals surface area contributed by atoms with Crippen molar-refractivity contribution in [3.05, 3.63) is 36.3 Å². The van der Waals surface area contributed by atoms with Gasteiger partial charge in [-0.05, 0) is 32.9 Å². The molecule has 0 aliphatic carbocycles. The summed E-state index contributed by atoms with van der Waals surface area (Å²) in [7, 11) is 0. The number of hydrogen-bond donors (Lipinski definition) is 1. The normalized spacial score (nSPS) is 12.3. The molecule has 2 heterocycles. The first kappa shape index (κ1) is 14.5. The van der Waals surface area contributed by atoms with Crippen LogP contribution in [0.25, 0.3) is 0 Å². The van der Waals surface area contributed by atoms with Crippen LogP contribution in [0.4, 0.5) is 0 Å². The fourth-order valence-electron chi connectivity index (χ4n) is 1.97. The van der Waals surface area contributed by atoms with E-state index in [2.05, 4.69) is 29.2 Å². The number of nitrogens with one attached hydrogen (secondary N) is 1. The molecule has 1 atom stereocenters. The molecule has 2 rings (SSSR count). The van der Waals surface area contributed by atoms with E-state index in [1.807, 2.05) is 29.9 Å². The monoisotopic (exact) mass is 274 g/mol. The van der Waals surface area contributed by atoms with Gasteiger partial charge in [-0.15, -0.1) is 0 Å². The van der Waals surface area contributed by atoms with Crippen LogP contribution in [-0.4, -0.2) is 21.3 Å². The van der Waals surface area contributed by atoms with E-state index in [0.29, 0.717) is 5.88 Å². The molecule has 5 heteroatoms. The number of aryl methyl sites for hydroxylation is 1. The maximum Gasteiger partial charge on any atom is 0.224 e. The summed E-state index contributed by atoms with van der Waals surface area (Å²) >= 11 is 0. The zero-order valence-electron chi connectivity index (χ0n) is 12.3. The van der Waals surface area contributed by atoms with Crippen molar-refractivity contribution >= 4 is 0 Å². The predicted octanol–water partition coefficient (Wildman–Crippen LogP) is 3.15. The highest BCUT2D eigenvalue weighted by Gasteiger charge is 2.13. The Morgan fingerprint density at radius 3 is 2.95 bits per heavy atom. The molecule has 2 aromatic heterocycles. The van der Waals surface area contributed by atoms with Gasteiger partial charge in [0.2, 0.25) is 5.88 Å². The summed E-state index contributed by atoms with van der Waals surface area (Å²) in [6.45, 7) is 8.12. The molecule has 0 aliphatic heterocycles. The number of hydrogen-bond acceptors (Lipinski definition) is 4. The van der Waals surface area contributed by atoms with Gasteiger partial charge in [0, 0.05) is 24.3 Å². The van der Waals surface area contributed by atoms with Gasteiger partial charge in [0.05, 0.1) is 12.4 Å². The third-order valence-electron chi connectivity index (χ3n) is 3.12. The molecular weight excluding hydrogens is 252 g/mol. The zero-order valence-corrected chi connectivity index (χ0v) is 12.3. The zero-order chi connectivity index (χ0) is 14.4. The molecule has 1 N–H and O–H groups in total. The van der Waals surface area contributed by atoms with E-state index in [4.69, 9.17) is 4.74 Å². The summed E-state index contributed by atoms with van der Waals surface area (Å²) in [5.74, 6) is 1.36. The van der Waals surface area contributed by atoms with Crippen LogP contribution >= 0.6 is 0 Å². The Balaban J connectivity index is 2.14. The fourth-order valence-corrected chi connectivity index (χ4v) is 1.97. The van der Waals surface area contributed by atoms with Gasteiger partial charge in [0.25, 0.3) is 0 Å². The molecule has 20 heavy (non-hydrogen) atoms. The number of aromatic nitrogens is 3. The molecule has 0 saturated heterocycles. The molecule has 0 amide bonds. The highest BCUT2D eigenvalue weighted by molar-refractivity contribution is 5.32.